The van der Waals surface area contributed by atoms with Crippen LogP contribution in [0.2, 0.25) is 0 Å². The van der Waals surface area contributed by atoms with Gasteiger partial charge in [-0.05, 0) is 56.5 Å². The van der Waals surface area contributed by atoms with Crippen LogP contribution < -0.4 is 10.3 Å². The van der Waals surface area contributed by atoms with Crippen molar-refractivity contribution in [1.82, 2.24) is 9.55 Å². The second-order valence-electron chi connectivity index (χ2n) is 7.33. The normalized spacial score (nSPS) is 11.2. The van der Waals surface area contributed by atoms with Crippen molar-refractivity contribution < 1.29 is 9.13 Å². The molecule has 30 heavy (non-hydrogen) atoms. The molecule has 2 aromatic carbocycles. The molecule has 4 rings (SSSR count). The maximum atomic E-state index is 13.3. The number of halogens is 1. The molecule has 0 saturated carbocycles. The second-order valence-corrected chi connectivity index (χ2v) is 8.54. The molecule has 0 amide bonds. The number of hydrogen-bond donors (Lipinski definition) is 0. The number of rotatable bonds is 7. The largest absolute Gasteiger partial charge is 0.494 e. The number of nitrogens with zero attached hydrogens (tertiary/aromatic N) is 2. The molecule has 0 bridgehead atoms. The van der Waals surface area contributed by atoms with Crippen LogP contribution >= 0.6 is 11.3 Å². The first-order valence-electron chi connectivity index (χ1n) is 9.97. The lowest BCUT2D eigenvalue weighted by Gasteiger charge is -2.08. The van der Waals surface area contributed by atoms with Gasteiger partial charge >= 0.3 is 0 Å². The van der Waals surface area contributed by atoms with Gasteiger partial charge in [0.2, 0.25) is 0 Å². The number of fused-ring (bicyclic) bond motifs is 1. The fourth-order valence-electron chi connectivity index (χ4n) is 3.47. The first-order valence-corrected chi connectivity index (χ1v) is 10.8. The summed E-state index contributed by atoms with van der Waals surface area (Å²) in [5, 5.41) is 0.613. The number of ether oxygens (including phenoxy) is 1. The molecule has 0 aliphatic rings. The summed E-state index contributed by atoms with van der Waals surface area (Å²) in [6.07, 6.45) is 3.27. The molecule has 0 aliphatic carbocycles. The molecule has 2 heterocycles. The molecular formula is C24H23FN2O2S. The van der Waals surface area contributed by atoms with E-state index in [0.717, 1.165) is 39.4 Å². The van der Waals surface area contributed by atoms with E-state index in [9.17, 15) is 9.18 Å². The summed E-state index contributed by atoms with van der Waals surface area (Å²) in [5.74, 6) is 0.567. The van der Waals surface area contributed by atoms with Crippen LogP contribution in [0, 0.1) is 19.7 Å². The minimum Gasteiger partial charge on any atom is -0.494 e. The summed E-state index contributed by atoms with van der Waals surface area (Å²) in [6, 6.07) is 14.2. The number of thiophene rings is 1. The van der Waals surface area contributed by atoms with Crippen LogP contribution in [0.5, 0.6) is 5.75 Å². The lowest BCUT2D eigenvalue weighted by molar-refractivity contribution is 0.303. The standard InChI is InChI=1S/C24H23FN2O2S/c1-16-5-11-20(12-6-16)29-14-4-3-13-27-15-26-23-22(24(27)28)21(17(2)30-23)18-7-9-19(25)10-8-18/h5-12,15H,3-4,13-14H2,1-2H3. The molecule has 6 heteroatoms. The maximum Gasteiger partial charge on any atom is 0.262 e. The van der Waals surface area contributed by atoms with E-state index < -0.39 is 0 Å². The molecule has 0 N–H and O–H groups in total. The maximum absolute atomic E-state index is 13.3. The number of aryl methyl sites for hydroxylation is 3. The average molecular weight is 423 g/mol. The van der Waals surface area contributed by atoms with Crippen molar-refractivity contribution in [2.75, 3.05) is 6.61 Å². The van der Waals surface area contributed by atoms with Gasteiger partial charge in [-0.25, -0.2) is 9.37 Å². The van der Waals surface area contributed by atoms with Gasteiger partial charge in [-0.15, -0.1) is 11.3 Å². The Kier molecular flexibility index (Phi) is 5.95. The van der Waals surface area contributed by atoms with E-state index in [1.165, 1.54) is 29.0 Å². The fourth-order valence-corrected chi connectivity index (χ4v) is 4.47. The Labute approximate surface area is 178 Å². The third kappa shape index (κ3) is 4.28. The van der Waals surface area contributed by atoms with Crippen molar-refractivity contribution in [3.63, 3.8) is 0 Å². The number of aromatic nitrogens is 2. The van der Waals surface area contributed by atoms with Crippen molar-refractivity contribution in [1.29, 1.82) is 0 Å². The average Bonchev–Trinajstić information content (AvgIpc) is 3.08. The smallest absolute Gasteiger partial charge is 0.262 e. The van der Waals surface area contributed by atoms with Crippen LogP contribution in [0.4, 0.5) is 4.39 Å². The molecule has 0 unspecified atom stereocenters. The summed E-state index contributed by atoms with van der Waals surface area (Å²) in [5.41, 5.74) is 2.84. The first kappa shape index (κ1) is 20.3. The van der Waals surface area contributed by atoms with Crippen molar-refractivity contribution in [3.8, 4) is 16.9 Å². The monoisotopic (exact) mass is 422 g/mol. The molecular weight excluding hydrogens is 399 g/mol. The molecule has 0 radical (unpaired) electrons. The summed E-state index contributed by atoms with van der Waals surface area (Å²) in [7, 11) is 0. The highest BCUT2D eigenvalue weighted by molar-refractivity contribution is 7.19. The predicted molar refractivity (Wildman–Crippen MR) is 120 cm³/mol. The highest BCUT2D eigenvalue weighted by atomic mass is 32.1. The minimum absolute atomic E-state index is 0.0527. The van der Waals surface area contributed by atoms with E-state index in [0.29, 0.717) is 18.5 Å². The van der Waals surface area contributed by atoms with Gasteiger partial charge in [0.1, 0.15) is 16.4 Å². The Morgan fingerprint density at radius 1 is 1.03 bits per heavy atom. The van der Waals surface area contributed by atoms with E-state index >= 15 is 0 Å². The van der Waals surface area contributed by atoms with Gasteiger partial charge in [-0.3, -0.25) is 9.36 Å². The second kappa shape index (κ2) is 8.79. The van der Waals surface area contributed by atoms with Gasteiger partial charge in [0.25, 0.3) is 5.56 Å². The van der Waals surface area contributed by atoms with Crippen molar-refractivity contribution in [2.24, 2.45) is 0 Å². The van der Waals surface area contributed by atoms with Crippen molar-refractivity contribution in [3.05, 3.63) is 81.5 Å². The summed E-state index contributed by atoms with van der Waals surface area (Å²) >= 11 is 1.49. The Balaban J connectivity index is 1.47. The Morgan fingerprint density at radius 2 is 1.77 bits per heavy atom. The van der Waals surface area contributed by atoms with Gasteiger partial charge in [-0.2, -0.15) is 0 Å². The third-order valence-corrected chi connectivity index (χ3v) is 6.08. The minimum atomic E-state index is -0.292. The van der Waals surface area contributed by atoms with E-state index in [1.807, 2.05) is 38.1 Å². The topological polar surface area (TPSA) is 44.1 Å². The third-order valence-electron chi connectivity index (χ3n) is 5.07. The molecule has 0 atom stereocenters. The van der Waals surface area contributed by atoms with Gasteiger partial charge in [-0.1, -0.05) is 29.8 Å². The molecule has 0 saturated heterocycles. The van der Waals surface area contributed by atoms with E-state index in [4.69, 9.17) is 4.74 Å². The molecule has 0 aliphatic heterocycles. The van der Waals surface area contributed by atoms with E-state index in [1.54, 1.807) is 23.0 Å². The Morgan fingerprint density at radius 3 is 2.50 bits per heavy atom. The van der Waals surface area contributed by atoms with E-state index in [-0.39, 0.29) is 11.4 Å². The van der Waals surface area contributed by atoms with Gasteiger partial charge in [0, 0.05) is 17.0 Å². The number of hydrogen-bond acceptors (Lipinski definition) is 4. The van der Waals surface area contributed by atoms with Crippen LogP contribution in [-0.2, 0) is 6.54 Å². The zero-order chi connectivity index (χ0) is 21.1. The Bertz CT molecular complexity index is 1210. The molecule has 4 nitrogen and oxygen atoms in total. The first-order chi connectivity index (χ1) is 14.5. The fraction of sp³-hybridized carbons (Fsp3) is 0.250. The zero-order valence-electron chi connectivity index (χ0n) is 17.0. The van der Waals surface area contributed by atoms with E-state index in [2.05, 4.69) is 4.98 Å². The number of unbranched alkanes of at least 4 members (excludes halogenated alkanes) is 1. The van der Waals surface area contributed by atoms with Crippen LogP contribution in [-0.4, -0.2) is 16.2 Å². The van der Waals surface area contributed by atoms with Crippen LogP contribution in [0.3, 0.4) is 0 Å². The lowest BCUT2D eigenvalue weighted by atomic mass is 10.0. The van der Waals surface area contributed by atoms with Gasteiger partial charge < -0.3 is 4.74 Å². The van der Waals surface area contributed by atoms with Crippen LogP contribution in [0.25, 0.3) is 21.3 Å². The highest BCUT2D eigenvalue weighted by Gasteiger charge is 2.16. The SMILES string of the molecule is Cc1ccc(OCCCCn2cnc3sc(C)c(-c4ccc(F)cc4)c3c2=O)cc1. The van der Waals surface area contributed by atoms with Gasteiger partial charge in [0.15, 0.2) is 0 Å². The predicted octanol–water partition coefficient (Wildman–Crippen LogP) is 5.74. The highest BCUT2D eigenvalue weighted by Crippen LogP contribution is 2.35. The van der Waals surface area contributed by atoms with Crippen molar-refractivity contribution in [2.45, 2.75) is 33.2 Å². The summed E-state index contributed by atoms with van der Waals surface area (Å²) in [4.78, 5) is 19.4. The van der Waals surface area contributed by atoms with Crippen LogP contribution in [0.1, 0.15) is 23.3 Å². The lowest BCUT2D eigenvalue weighted by Crippen LogP contribution is -2.20. The summed E-state index contributed by atoms with van der Waals surface area (Å²) in [6.45, 7) is 5.20. The molecule has 4 aromatic rings. The Hall–Kier alpha value is -2.99. The van der Waals surface area contributed by atoms with Crippen LogP contribution in [0.15, 0.2) is 59.7 Å². The summed E-state index contributed by atoms with van der Waals surface area (Å²) < 4.78 is 20.7. The zero-order valence-corrected chi connectivity index (χ0v) is 17.8. The number of benzene rings is 2. The quantitative estimate of drug-likeness (QED) is 0.357. The molecule has 2 aromatic heterocycles. The molecule has 154 valence electrons. The molecule has 0 spiro atoms. The molecule has 0 fully saturated rings. The van der Waals surface area contributed by atoms with Crippen molar-refractivity contribution >= 4 is 21.6 Å². The van der Waals surface area contributed by atoms with Gasteiger partial charge in [0.05, 0.1) is 18.3 Å².